The highest BCUT2D eigenvalue weighted by Crippen LogP contribution is 2.27. The Morgan fingerprint density at radius 1 is 1.25 bits per heavy atom. The molecule has 0 bridgehead atoms. The van der Waals surface area contributed by atoms with Crippen molar-refractivity contribution in [3.05, 3.63) is 23.8 Å². The van der Waals surface area contributed by atoms with Gasteiger partial charge in [-0.2, -0.15) is 0 Å². The van der Waals surface area contributed by atoms with E-state index in [1.807, 2.05) is 25.1 Å². The molecular formula is C14H23N3O3. The van der Waals surface area contributed by atoms with E-state index in [0.29, 0.717) is 43.8 Å². The summed E-state index contributed by atoms with van der Waals surface area (Å²) in [4.78, 5) is 4.25. The second-order valence-corrected chi connectivity index (χ2v) is 4.01. The second-order valence-electron chi connectivity index (χ2n) is 4.01. The zero-order chi connectivity index (χ0) is 14.8. The molecule has 0 aliphatic rings. The summed E-state index contributed by atoms with van der Waals surface area (Å²) in [5.41, 5.74) is 6.76. The molecule has 3 N–H and O–H groups in total. The molecule has 1 aromatic rings. The van der Waals surface area contributed by atoms with Crippen LogP contribution < -0.4 is 20.5 Å². The van der Waals surface area contributed by atoms with Gasteiger partial charge in [0, 0.05) is 13.2 Å². The molecule has 0 aromatic heterocycles. The van der Waals surface area contributed by atoms with Crippen molar-refractivity contribution >= 4 is 5.96 Å². The molecule has 1 aromatic carbocycles. The van der Waals surface area contributed by atoms with E-state index in [1.165, 1.54) is 0 Å². The summed E-state index contributed by atoms with van der Waals surface area (Å²) < 4.78 is 15.6. The number of aliphatic imine (C=N–C) groups is 1. The van der Waals surface area contributed by atoms with Crippen molar-refractivity contribution in [2.24, 2.45) is 10.7 Å². The number of benzene rings is 1. The van der Waals surface area contributed by atoms with Gasteiger partial charge in [-0.3, -0.25) is 0 Å². The summed E-state index contributed by atoms with van der Waals surface area (Å²) in [7, 11) is 3.21. The second kappa shape index (κ2) is 9.03. The maximum absolute atomic E-state index is 5.76. The van der Waals surface area contributed by atoms with Crippen molar-refractivity contribution in [2.45, 2.75) is 13.5 Å². The first-order chi connectivity index (χ1) is 9.71. The summed E-state index contributed by atoms with van der Waals surface area (Å²) in [6.45, 7) is 4.39. The topological polar surface area (TPSA) is 78.1 Å². The largest absolute Gasteiger partial charge is 0.493 e. The standard InChI is InChI=1S/C14H23N3O3/c1-4-20-8-7-16-14(15)17-10-11-5-6-12(18-2)13(9-11)19-3/h5-6,9H,4,7-8,10H2,1-3H3,(H3,15,16,17). The Morgan fingerprint density at radius 2 is 2.00 bits per heavy atom. The van der Waals surface area contributed by atoms with Crippen LogP contribution in [0.1, 0.15) is 12.5 Å². The van der Waals surface area contributed by atoms with Crippen LogP contribution in [-0.4, -0.2) is 39.9 Å². The van der Waals surface area contributed by atoms with Crippen molar-refractivity contribution in [3.8, 4) is 11.5 Å². The number of hydrogen-bond acceptors (Lipinski definition) is 4. The maximum atomic E-state index is 5.76. The Morgan fingerprint density at radius 3 is 2.65 bits per heavy atom. The van der Waals surface area contributed by atoms with Gasteiger partial charge in [0.05, 0.1) is 27.4 Å². The van der Waals surface area contributed by atoms with Crippen molar-refractivity contribution in [2.75, 3.05) is 34.0 Å². The molecule has 112 valence electrons. The summed E-state index contributed by atoms with van der Waals surface area (Å²) in [5.74, 6) is 1.78. The number of methoxy groups -OCH3 is 2. The highest BCUT2D eigenvalue weighted by molar-refractivity contribution is 5.77. The molecule has 0 atom stereocenters. The first kappa shape index (κ1) is 16.1. The fraction of sp³-hybridized carbons (Fsp3) is 0.500. The normalized spacial score (nSPS) is 11.2. The zero-order valence-electron chi connectivity index (χ0n) is 12.3. The summed E-state index contributed by atoms with van der Waals surface area (Å²) in [6.07, 6.45) is 0. The Labute approximate surface area is 119 Å². The molecule has 6 nitrogen and oxygen atoms in total. The first-order valence-corrected chi connectivity index (χ1v) is 6.53. The highest BCUT2D eigenvalue weighted by atomic mass is 16.5. The monoisotopic (exact) mass is 281 g/mol. The molecule has 20 heavy (non-hydrogen) atoms. The average molecular weight is 281 g/mol. The lowest BCUT2D eigenvalue weighted by atomic mass is 10.2. The van der Waals surface area contributed by atoms with E-state index in [-0.39, 0.29) is 0 Å². The third kappa shape index (κ3) is 5.36. The van der Waals surface area contributed by atoms with E-state index in [4.69, 9.17) is 19.9 Å². The lowest BCUT2D eigenvalue weighted by molar-refractivity contribution is 0.152. The lowest BCUT2D eigenvalue weighted by Gasteiger charge is -2.09. The molecule has 0 fully saturated rings. The van der Waals surface area contributed by atoms with E-state index in [1.54, 1.807) is 14.2 Å². The summed E-state index contributed by atoms with van der Waals surface area (Å²) in [6, 6.07) is 5.66. The van der Waals surface area contributed by atoms with Gasteiger partial charge in [0.1, 0.15) is 0 Å². The summed E-state index contributed by atoms with van der Waals surface area (Å²) in [5, 5.41) is 2.99. The smallest absolute Gasteiger partial charge is 0.188 e. The fourth-order valence-corrected chi connectivity index (χ4v) is 1.61. The van der Waals surface area contributed by atoms with Crippen LogP contribution in [0, 0.1) is 0 Å². The third-order valence-electron chi connectivity index (χ3n) is 2.64. The van der Waals surface area contributed by atoms with Crippen molar-refractivity contribution < 1.29 is 14.2 Å². The summed E-state index contributed by atoms with van der Waals surface area (Å²) >= 11 is 0. The van der Waals surface area contributed by atoms with E-state index >= 15 is 0 Å². The molecular weight excluding hydrogens is 258 g/mol. The van der Waals surface area contributed by atoms with Crippen LogP contribution in [-0.2, 0) is 11.3 Å². The van der Waals surface area contributed by atoms with Gasteiger partial charge in [-0.1, -0.05) is 6.07 Å². The highest BCUT2D eigenvalue weighted by Gasteiger charge is 2.04. The van der Waals surface area contributed by atoms with Crippen LogP contribution in [0.15, 0.2) is 23.2 Å². The molecule has 1 rings (SSSR count). The van der Waals surface area contributed by atoms with Gasteiger partial charge in [-0.05, 0) is 24.6 Å². The molecule has 0 radical (unpaired) electrons. The van der Waals surface area contributed by atoms with Gasteiger partial charge in [0.15, 0.2) is 17.5 Å². The molecule has 0 saturated heterocycles. The minimum Gasteiger partial charge on any atom is -0.493 e. The molecule has 0 aliphatic heterocycles. The van der Waals surface area contributed by atoms with Crippen LogP contribution in [0.5, 0.6) is 11.5 Å². The van der Waals surface area contributed by atoms with Crippen molar-refractivity contribution in [1.29, 1.82) is 0 Å². The Kier molecular flexibility index (Phi) is 7.27. The number of nitrogens with zero attached hydrogens (tertiary/aromatic N) is 1. The minimum absolute atomic E-state index is 0.402. The van der Waals surface area contributed by atoms with Gasteiger partial charge < -0.3 is 25.3 Å². The fourth-order valence-electron chi connectivity index (χ4n) is 1.61. The van der Waals surface area contributed by atoms with Crippen LogP contribution >= 0.6 is 0 Å². The average Bonchev–Trinajstić information content (AvgIpc) is 2.49. The predicted octanol–water partition coefficient (Wildman–Crippen LogP) is 1.14. The van der Waals surface area contributed by atoms with E-state index in [2.05, 4.69) is 10.3 Å². The number of nitrogens with one attached hydrogen (secondary N) is 1. The Balaban J connectivity index is 2.51. The number of guanidine groups is 1. The van der Waals surface area contributed by atoms with Gasteiger partial charge >= 0.3 is 0 Å². The van der Waals surface area contributed by atoms with Crippen LogP contribution in [0.25, 0.3) is 0 Å². The zero-order valence-corrected chi connectivity index (χ0v) is 12.3. The Bertz CT molecular complexity index is 436. The van der Waals surface area contributed by atoms with Gasteiger partial charge in [-0.15, -0.1) is 0 Å². The molecule has 0 heterocycles. The number of nitrogens with two attached hydrogens (primary N) is 1. The SMILES string of the molecule is CCOCCNC(N)=NCc1ccc(OC)c(OC)c1. The third-order valence-corrected chi connectivity index (χ3v) is 2.64. The van der Waals surface area contributed by atoms with Gasteiger partial charge in [0.2, 0.25) is 0 Å². The van der Waals surface area contributed by atoms with E-state index in [9.17, 15) is 0 Å². The van der Waals surface area contributed by atoms with Crippen LogP contribution in [0.3, 0.4) is 0 Å². The van der Waals surface area contributed by atoms with Crippen LogP contribution in [0.2, 0.25) is 0 Å². The lowest BCUT2D eigenvalue weighted by Crippen LogP contribution is -2.34. The predicted molar refractivity (Wildman–Crippen MR) is 79.4 cm³/mol. The number of ether oxygens (including phenoxy) is 3. The quantitative estimate of drug-likeness (QED) is 0.424. The molecule has 0 spiro atoms. The number of rotatable bonds is 8. The molecule has 0 saturated carbocycles. The Hall–Kier alpha value is -1.95. The maximum Gasteiger partial charge on any atom is 0.188 e. The van der Waals surface area contributed by atoms with Gasteiger partial charge in [0.25, 0.3) is 0 Å². The van der Waals surface area contributed by atoms with Crippen molar-refractivity contribution in [3.63, 3.8) is 0 Å². The van der Waals surface area contributed by atoms with Gasteiger partial charge in [-0.25, -0.2) is 4.99 Å². The van der Waals surface area contributed by atoms with E-state index in [0.717, 1.165) is 5.56 Å². The van der Waals surface area contributed by atoms with Crippen LogP contribution in [0.4, 0.5) is 0 Å². The van der Waals surface area contributed by atoms with E-state index < -0.39 is 0 Å². The molecule has 6 heteroatoms. The van der Waals surface area contributed by atoms with Crippen molar-refractivity contribution in [1.82, 2.24) is 5.32 Å². The molecule has 0 aliphatic carbocycles. The molecule has 0 unspecified atom stereocenters. The minimum atomic E-state index is 0.402. The number of hydrogen-bond donors (Lipinski definition) is 2. The first-order valence-electron chi connectivity index (χ1n) is 6.53. The molecule has 0 amide bonds.